The molecule has 1 rings (SSSR count). The van der Waals surface area contributed by atoms with Crippen LogP contribution in [0, 0.1) is 5.92 Å². The lowest BCUT2D eigenvalue weighted by molar-refractivity contribution is -0.0904. The van der Waals surface area contributed by atoms with Gasteiger partial charge in [-0.25, -0.2) is 0 Å². The summed E-state index contributed by atoms with van der Waals surface area (Å²) in [5.74, 6) is -0.0162. The maximum absolute atomic E-state index is 9.59. The van der Waals surface area contributed by atoms with Crippen LogP contribution in [0.15, 0.2) is 0 Å². The second kappa shape index (κ2) is 3.49. The summed E-state index contributed by atoms with van der Waals surface area (Å²) in [7, 11) is 0. The average Bonchev–Trinajstić information content (AvgIpc) is 2.55. The lowest BCUT2D eigenvalue weighted by Gasteiger charge is -2.29. The van der Waals surface area contributed by atoms with Gasteiger partial charge in [0.05, 0.1) is 13.2 Å². The Morgan fingerprint density at radius 3 is 2.36 bits per heavy atom. The average molecular weight is 161 g/mol. The van der Waals surface area contributed by atoms with E-state index in [-0.39, 0.29) is 19.1 Å². The fourth-order valence-corrected chi connectivity index (χ4v) is 1.42. The smallest absolute Gasteiger partial charge is 0.115 e. The molecule has 1 aliphatic heterocycles. The van der Waals surface area contributed by atoms with Crippen LogP contribution in [-0.2, 0) is 0 Å². The molecule has 1 heterocycles. The predicted octanol–water partition coefficient (Wildman–Crippen LogP) is -1.69. The minimum Gasteiger partial charge on any atom is -0.393 e. The molecule has 0 bridgehead atoms. The van der Waals surface area contributed by atoms with E-state index in [1.807, 2.05) is 0 Å². The van der Waals surface area contributed by atoms with Crippen molar-refractivity contribution in [3.05, 3.63) is 0 Å². The molecule has 0 radical (unpaired) electrons. The molecule has 1 aliphatic rings. The number of nitrogens with one attached hydrogen (secondary N) is 1. The van der Waals surface area contributed by atoms with Crippen LogP contribution in [0.2, 0.25) is 0 Å². The Hall–Kier alpha value is -0.160. The number of hydrogen-bond donors (Lipinski definition) is 4. The summed E-state index contributed by atoms with van der Waals surface area (Å²) in [5.41, 5.74) is -1.29. The van der Waals surface area contributed by atoms with Crippen LogP contribution < -0.4 is 5.32 Å². The second-order valence-electron chi connectivity index (χ2n) is 3.11. The summed E-state index contributed by atoms with van der Waals surface area (Å²) in [6.45, 7) is 0.802. The van der Waals surface area contributed by atoms with E-state index in [9.17, 15) is 5.11 Å². The number of aliphatic hydroxyl groups is 3. The first-order valence-electron chi connectivity index (χ1n) is 3.88. The van der Waals surface area contributed by atoms with Crippen LogP contribution in [-0.4, -0.2) is 47.2 Å². The molecular weight excluding hydrogens is 146 g/mol. The zero-order valence-electron chi connectivity index (χ0n) is 6.45. The minimum atomic E-state index is -1.29. The van der Waals surface area contributed by atoms with Gasteiger partial charge in [-0.15, -0.1) is 0 Å². The van der Waals surface area contributed by atoms with E-state index in [2.05, 4.69) is 5.32 Å². The summed E-state index contributed by atoms with van der Waals surface area (Å²) >= 11 is 0. The van der Waals surface area contributed by atoms with Gasteiger partial charge in [0.1, 0.15) is 5.60 Å². The van der Waals surface area contributed by atoms with Gasteiger partial charge in [0.2, 0.25) is 0 Å². The topological polar surface area (TPSA) is 72.7 Å². The van der Waals surface area contributed by atoms with E-state index < -0.39 is 5.60 Å². The van der Waals surface area contributed by atoms with Gasteiger partial charge in [-0.2, -0.15) is 0 Å². The highest BCUT2D eigenvalue weighted by atomic mass is 16.4. The molecule has 0 aromatic carbocycles. The Morgan fingerprint density at radius 2 is 2.00 bits per heavy atom. The Morgan fingerprint density at radius 1 is 1.36 bits per heavy atom. The van der Waals surface area contributed by atoms with Crippen LogP contribution in [0.3, 0.4) is 0 Å². The van der Waals surface area contributed by atoms with Gasteiger partial charge < -0.3 is 20.6 Å². The molecule has 0 aromatic rings. The van der Waals surface area contributed by atoms with E-state index in [1.165, 1.54) is 0 Å². The Bertz CT molecular complexity index is 119. The first-order valence-corrected chi connectivity index (χ1v) is 3.88. The van der Waals surface area contributed by atoms with Crippen molar-refractivity contribution in [1.82, 2.24) is 5.32 Å². The first kappa shape index (κ1) is 8.93. The van der Waals surface area contributed by atoms with E-state index >= 15 is 0 Å². The van der Waals surface area contributed by atoms with Crippen molar-refractivity contribution in [1.29, 1.82) is 0 Å². The molecule has 0 saturated carbocycles. The van der Waals surface area contributed by atoms with Crippen molar-refractivity contribution in [2.24, 2.45) is 5.92 Å². The van der Waals surface area contributed by atoms with Gasteiger partial charge in [0.25, 0.3) is 0 Å². The number of rotatable bonds is 3. The molecule has 0 amide bonds. The van der Waals surface area contributed by atoms with Crippen LogP contribution in [0.4, 0.5) is 0 Å². The molecule has 0 spiro atoms. The van der Waals surface area contributed by atoms with Crippen molar-refractivity contribution in [2.75, 3.05) is 26.3 Å². The highest BCUT2D eigenvalue weighted by Crippen LogP contribution is 2.22. The van der Waals surface area contributed by atoms with Crippen molar-refractivity contribution >= 4 is 0 Å². The number of aliphatic hydroxyl groups excluding tert-OH is 2. The molecule has 0 aliphatic carbocycles. The molecule has 66 valence electrons. The zero-order chi connectivity index (χ0) is 8.32. The highest BCUT2D eigenvalue weighted by molar-refractivity contribution is 4.90. The summed E-state index contributed by atoms with van der Waals surface area (Å²) in [4.78, 5) is 0. The molecule has 4 N–H and O–H groups in total. The SMILES string of the molecule is OCC(O)(CO)C1CCNC1. The van der Waals surface area contributed by atoms with E-state index in [0.717, 1.165) is 13.0 Å². The summed E-state index contributed by atoms with van der Waals surface area (Å²) < 4.78 is 0. The van der Waals surface area contributed by atoms with Gasteiger partial charge in [-0.3, -0.25) is 0 Å². The highest BCUT2D eigenvalue weighted by Gasteiger charge is 2.37. The first-order chi connectivity index (χ1) is 5.23. The van der Waals surface area contributed by atoms with Gasteiger partial charge in [-0.1, -0.05) is 0 Å². The fraction of sp³-hybridized carbons (Fsp3) is 1.00. The summed E-state index contributed by atoms with van der Waals surface area (Å²) in [5, 5.41) is 30.3. The van der Waals surface area contributed by atoms with Crippen molar-refractivity contribution < 1.29 is 15.3 Å². The largest absolute Gasteiger partial charge is 0.393 e. The molecule has 1 fully saturated rings. The Kier molecular flexibility index (Phi) is 2.84. The molecule has 4 nitrogen and oxygen atoms in total. The van der Waals surface area contributed by atoms with Crippen molar-refractivity contribution in [2.45, 2.75) is 12.0 Å². The van der Waals surface area contributed by atoms with Gasteiger partial charge in [-0.05, 0) is 13.0 Å². The zero-order valence-corrected chi connectivity index (χ0v) is 6.45. The molecule has 0 aromatic heterocycles. The van der Waals surface area contributed by atoms with Gasteiger partial charge in [0, 0.05) is 12.5 Å². The molecule has 4 heteroatoms. The van der Waals surface area contributed by atoms with Gasteiger partial charge >= 0.3 is 0 Å². The third-order valence-corrected chi connectivity index (χ3v) is 2.37. The van der Waals surface area contributed by atoms with E-state index in [1.54, 1.807) is 0 Å². The quantitative estimate of drug-likeness (QED) is 0.398. The maximum atomic E-state index is 9.59. The third kappa shape index (κ3) is 1.70. The summed E-state index contributed by atoms with van der Waals surface area (Å²) in [6.07, 6.45) is 0.817. The van der Waals surface area contributed by atoms with E-state index in [4.69, 9.17) is 10.2 Å². The normalized spacial score (nSPS) is 25.9. The Labute approximate surface area is 65.9 Å². The van der Waals surface area contributed by atoms with Crippen LogP contribution in [0.25, 0.3) is 0 Å². The van der Waals surface area contributed by atoms with Gasteiger partial charge in [0.15, 0.2) is 0 Å². The summed E-state index contributed by atoms with van der Waals surface area (Å²) in [6, 6.07) is 0. The number of hydrogen-bond acceptors (Lipinski definition) is 4. The second-order valence-corrected chi connectivity index (χ2v) is 3.11. The monoisotopic (exact) mass is 161 g/mol. The molecule has 1 unspecified atom stereocenters. The van der Waals surface area contributed by atoms with Crippen LogP contribution in [0.1, 0.15) is 6.42 Å². The third-order valence-electron chi connectivity index (χ3n) is 2.37. The lowest BCUT2D eigenvalue weighted by atomic mass is 9.88. The molecule has 1 atom stereocenters. The predicted molar refractivity (Wildman–Crippen MR) is 40.1 cm³/mol. The van der Waals surface area contributed by atoms with E-state index in [0.29, 0.717) is 6.54 Å². The maximum Gasteiger partial charge on any atom is 0.115 e. The fourth-order valence-electron chi connectivity index (χ4n) is 1.42. The molecule has 1 saturated heterocycles. The van der Waals surface area contributed by atoms with Crippen molar-refractivity contribution in [3.8, 4) is 0 Å². The standard InChI is InChI=1S/C7H15NO3/c9-4-7(11,5-10)6-1-2-8-3-6/h6,8-11H,1-5H2. The minimum absolute atomic E-state index is 0.0162. The lowest BCUT2D eigenvalue weighted by Crippen LogP contribution is -2.46. The Balaban J connectivity index is 2.52. The van der Waals surface area contributed by atoms with Crippen LogP contribution in [0.5, 0.6) is 0 Å². The van der Waals surface area contributed by atoms with Crippen LogP contribution >= 0.6 is 0 Å². The molecular formula is C7H15NO3. The van der Waals surface area contributed by atoms with Crippen molar-refractivity contribution in [3.63, 3.8) is 0 Å². The molecule has 11 heavy (non-hydrogen) atoms.